The fraction of sp³-hybridized carbons (Fsp3) is 0.294. The van der Waals surface area contributed by atoms with Crippen molar-refractivity contribution in [2.45, 2.75) is 32.4 Å². The van der Waals surface area contributed by atoms with E-state index in [1.807, 2.05) is 6.07 Å². The smallest absolute Gasteiger partial charge is 0.318 e. The van der Waals surface area contributed by atoms with Gasteiger partial charge in [-0.2, -0.15) is 5.01 Å². The van der Waals surface area contributed by atoms with Gasteiger partial charge in [0.25, 0.3) is 5.91 Å². The molecular formula is C17H18N4O4S. The predicted octanol–water partition coefficient (Wildman–Crippen LogP) is 1.11. The van der Waals surface area contributed by atoms with E-state index >= 15 is 0 Å². The Morgan fingerprint density at radius 1 is 1.23 bits per heavy atom. The van der Waals surface area contributed by atoms with Crippen LogP contribution in [-0.2, 0) is 21.7 Å². The summed E-state index contributed by atoms with van der Waals surface area (Å²) >= 11 is 1.06. The minimum Gasteiger partial charge on any atom is -0.318 e. The quantitative estimate of drug-likeness (QED) is 0.766. The van der Waals surface area contributed by atoms with Gasteiger partial charge in [0, 0.05) is 24.0 Å². The molecule has 1 atom stereocenters. The van der Waals surface area contributed by atoms with E-state index in [1.54, 1.807) is 43.5 Å². The monoisotopic (exact) mass is 374 g/mol. The molecule has 2 heterocycles. The Morgan fingerprint density at radius 3 is 2.54 bits per heavy atom. The maximum absolute atomic E-state index is 12.7. The van der Waals surface area contributed by atoms with Gasteiger partial charge in [0.1, 0.15) is 5.54 Å². The predicted molar refractivity (Wildman–Crippen MR) is 95.2 cm³/mol. The highest BCUT2D eigenvalue weighted by atomic mass is 32.1. The van der Waals surface area contributed by atoms with Crippen LogP contribution in [0.15, 0.2) is 40.5 Å². The Morgan fingerprint density at radius 2 is 1.92 bits per heavy atom. The summed E-state index contributed by atoms with van der Waals surface area (Å²) < 4.78 is 1.48. The zero-order valence-corrected chi connectivity index (χ0v) is 15.1. The first-order chi connectivity index (χ1) is 12.3. The van der Waals surface area contributed by atoms with E-state index in [2.05, 4.69) is 10.7 Å². The van der Waals surface area contributed by atoms with Crippen molar-refractivity contribution in [2.75, 3.05) is 0 Å². The molecule has 136 valence electrons. The molecule has 0 saturated carbocycles. The second-order valence-electron chi connectivity index (χ2n) is 6.14. The van der Waals surface area contributed by atoms with Crippen LogP contribution in [0.4, 0.5) is 4.79 Å². The Hall–Kier alpha value is -2.94. The topological polar surface area (TPSA) is 101 Å². The highest BCUT2D eigenvalue weighted by Gasteiger charge is 2.49. The molecule has 26 heavy (non-hydrogen) atoms. The van der Waals surface area contributed by atoms with Gasteiger partial charge in [-0.25, -0.2) is 4.79 Å². The number of rotatable bonds is 5. The minimum atomic E-state index is -1.24. The van der Waals surface area contributed by atoms with Gasteiger partial charge in [-0.3, -0.25) is 19.8 Å². The largest absolute Gasteiger partial charge is 0.344 e. The highest BCUT2D eigenvalue weighted by molar-refractivity contribution is 7.07. The summed E-state index contributed by atoms with van der Waals surface area (Å²) in [5.74, 6) is -1.09. The number of hydrazine groups is 1. The summed E-state index contributed by atoms with van der Waals surface area (Å²) in [5, 5.41) is 5.01. The van der Waals surface area contributed by atoms with Crippen LogP contribution < -0.4 is 15.6 Å². The number of aryl methyl sites for hydroxylation is 1. The lowest BCUT2D eigenvalue weighted by atomic mass is 9.92. The van der Waals surface area contributed by atoms with Gasteiger partial charge in [-0.1, -0.05) is 41.7 Å². The number of aromatic nitrogens is 1. The van der Waals surface area contributed by atoms with Gasteiger partial charge in [0.05, 0.1) is 0 Å². The molecule has 9 heteroatoms. The molecule has 1 aliphatic heterocycles. The van der Waals surface area contributed by atoms with Crippen molar-refractivity contribution in [3.63, 3.8) is 0 Å². The number of carbonyl (C=O) groups is 3. The molecule has 4 amide bonds. The number of nitrogens with zero attached hydrogens (tertiary/aromatic N) is 2. The summed E-state index contributed by atoms with van der Waals surface area (Å²) in [5.41, 5.74) is 2.47. The van der Waals surface area contributed by atoms with E-state index in [9.17, 15) is 19.2 Å². The molecule has 0 radical (unpaired) electrons. The van der Waals surface area contributed by atoms with Crippen LogP contribution in [0.2, 0.25) is 0 Å². The van der Waals surface area contributed by atoms with Crippen molar-refractivity contribution in [1.29, 1.82) is 0 Å². The van der Waals surface area contributed by atoms with Crippen LogP contribution in [-0.4, -0.2) is 27.4 Å². The second kappa shape index (κ2) is 6.75. The average molecular weight is 374 g/mol. The number of hydrogen-bond acceptors (Lipinski definition) is 5. The van der Waals surface area contributed by atoms with E-state index in [1.165, 1.54) is 4.57 Å². The fourth-order valence-corrected chi connectivity index (χ4v) is 3.54. The molecule has 1 fully saturated rings. The van der Waals surface area contributed by atoms with Gasteiger partial charge in [0.2, 0.25) is 5.91 Å². The normalized spacial score (nSPS) is 19.5. The van der Waals surface area contributed by atoms with Crippen molar-refractivity contribution < 1.29 is 14.4 Å². The SMILES string of the molecule is Cc1csc(=O)n1CCC(=O)NN1C(=O)NC(C)(c2ccccc2)C1=O. The molecule has 3 rings (SSSR count). The maximum Gasteiger partial charge on any atom is 0.344 e. The van der Waals surface area contributed by atoms with Gasteiger partial charge in [-0.15, -0.1) is 0 Å². The molecule has 1 aromatic carbocycles. The second-order valence-corrected chi connectivity index (χ2v) is 6.96. The number of imide groups is 1. The van der Waals surface area contributed by atoms with E-state index in [-0.39, 0.29) is 17.8 Å². The van der Waals surface area contributed by atoms with E-state index in [0.29, 0.717) is 10.6 Å². The molecule has 0 spiro atoms. The third kappa shape index (κ3) is 3.13. The first-order valence-electron chi connectivity index (χ1n) is 7.99. The van der Waals surface area contributed by atoms with Crippen LogP contribution >= 0.6 is 11.3 Å². The third-order valence-corrected chi connectivity index (χ3v) is 5.20. The first-order valence-corrected chi connectivity index (χ1v) is 8.87. The number of nitrogens with one attached hydrogen (secondary N) is 2. The number of benzene rings is 1. The summed E-state index contributed by atoms with van der Waals surface area (Å²) in [6, 6.07) is 8.11. The summed E-state index contributed by atoms with van der Waals surface area (Å²) in [7, 11) is 0. The molecule has 2 aromatic rings. The molecule has 1 unspecified atom stereocenters. The molecule has 1 aliphatic rings. The van der Waals surface area contributed by atoms with Crippen LogP contribution in [0.5, 0.6) is 0 Å². The van der Waals surface area contributed by atoms with Crippen LogP contribution in [0, 0.1) is 6.92 Å². The van der Waals surface area contributed by atoms with Gasteiger partial charge in [0.15, 0.2) is 0 Å². The first kappa shape index (κ1) is 17.9. The van der Waals surface area contributed by atoms with Crippen molar-refractivity contribution >= 4 is 29.2 Å². The number of hydrogen-bond donors (Lipinski definition) is 2. The lowest BCUT2D eigenvalue weighted by molar-refractivity contribution is -0.139. The van der Waals surface area contributed by atoms with Crippen molar-refractivity contribution in [2.24, 2.45) is 0 Å². The molecular weight excluding hydrogens is 356 g/mol. The summed E-state index contributed by atoms with van der Waals surface area (Å²) in [6.45, 7) is 3.54. The third-order valence-electron chi connectivity index (χ3n) is 4.32. The lowest BCUT2D eigenvalue weighted by Gasteiger charge is -2.22. The van der Waals surface area contributed by atoms with Crippen LogP contribution in [0.25, 0.3) is 0 Å². The zero-order valence-electron chi connectivity index (χ0n) is 14.3. The van der Waals surface area contributed by atoms with Crippen LogP contribution in [0.1, 0.15) is 24.6 Å². The van der Waals surface area contributed by atoms with Crippen molar-refractivity contribution in [1.82, 2.24) is 20.3 Å². The fourth-order valence-electron chi connectivity index (χ4n) is 2.78. The van der Waals surface area contributed by atoms with Crippen molar-refractivity contribution in [3.8, 4) is 0 Å². The number of amides is 4. The standard InChI is InChI=1S/C17H18N4O4S/c1-11-10-26-16(25)20(11)9-8-13(22)19-21-14(23)17(2,18-15(21)24)12-6-4-3-5-7-12/h3-7,10H,8-9H2,1-2H3,(H,18,24)(H,19,22). The molecule has 0 aliphatic carbocycles. The maximum atomic E-state index is 12.7. The Kier molecular flexibility index (Phi) is 4.64. The molecule has 2 N–H and O–H groups in total. The van der Waals surface area contributed by atoms with Crippen molar-refractivity contribution in [3.05, 3.63) is 56.6 Å². The van der Waals surface area contributed by atoms with Crippen LogP contribution in [0.3, 0.4) is 0 Å². The molecule has 8 nitrogen and oxygen atoms in total. The summed E-state index contributed by atoms with van der Waals surface area (Å²) in [6.07, 6.45) is -0.0312. The van der Waals surface area contributed by atoms with Gasteiger partial charge >= 0.3 is 10.9 Å². The average Bonchev–Trinajstić information content (AvgIpc) is 3.05. The number of carbonyl (C=O) groups excluding carboxylic acids is 3. The molecule has 1 saturated heterocycles. The summed E-state index contributed by atoms with van der Waals surface area (Å²) in [4.78, 5) is 48.5. The number of urea groups is 1. The molecule has 1 aromatic heterocycles. The molecule has 0 bridgehead atoms. The Bertz CT molecular complexity index is 920. The zero-order chi connectivity index (χ0) is 18.9. The Labute approximate surface area is 153 Å². The van der Waals surface area contributed by atoms with E-state index in [0.717, 1.165) is 17.0 Å². The van der Waals surface area contributed by atoms with Gasteiger partial charge < -0.3 is 9.88 Å². The van der Waals surface area contributed by atoms with E-state index < -0.39 is 23.4 Å². The number of thiazole rings is 1. The van der Waals surface area contributed by atoms with E-state index in [4.69, 9.17) is 0 Å². The Balaban J connectivity index is 1.68. The lowest BCUT2D eigenvalue weighted by Crippen LogP contribution is -2.48. The van der Waals surface area contributed by atoms with Gasteiger partial charge in [-0.05, 0) is 19.4 Å². The minimum absolute atomic E-state index is 0.0312. The highest BCUT2D eigenvalue weighted by Crippen LogP contribution is 2.27.